The molecule has 0 aromatic heterocycles. The Balaban J connectivity index is 2.34. The number of aliphatic carboxylic acids is 1. The second kappa shape index (κ2) is 6.59. The molecule has 5 heteroatoms. The Morgan fingerprint density at radius 2 is 1.89 bits per heavy atom. The van der Waals surface area contributed by atoms with E-state index in [0.29, 0.717) is 6.42 Å². The van der Waals surface area contributed by atoms with Gasteiger partial charge in [-0.15, -0.1) is 0 Å². The van der Waals surface area contributed by atoms with E-state index in [4.69, 9.17) is 5.11 Å². The van der Waals surface area contributed by atoms with E-state index in [0.717, 1.165) is 12.8 Å². The second-order valence-corrected chi connectivity index (χ2v) is 6.29. The Labute approximate surface area is 114 Å². The second-order valence-electron chi connectivity index (χ2n) is 6.29. The average Bonchev–Trinajstić information content (AvgIpc) is 2.75. The number of hydrogen-bond acceptors (Lipinski definition) is 2. The number of carboxylic acid groups (broad SMARTS) is 1. The molecule has 0 saturated carbocycles. The first-order valence-corrected chi connectivity index (χ1v) is 6.70. The zero-order valence-corrected chi connectivity index (χ0v) is 11.9. The van der Waals surface area contributed by atoms with Crippen LogP contribution in [0, 0.1) is 11.3 Å². The molecule has 1 aliphatic carbocycles. The molecule has 0 fully saturated rings. The van der Waals surface area contributed by atoms with Crippen LogP contribution in [0.2, 0.25) is 0 Å². The summed E-state index contributed by atoms with van der Waals surface area (Å²) in [6, 6.07) is -0.139. The van der Waals surface area contributed by atoms with Crippen LogP contribution >= 0.6 is 0 Å². The molecular formula is C14H24N2O3. The highest BCUT2D eigenvalue weighted by Crippen LogP contribution is 2.24. The van der Waals surface area contributed by atoms with Crippen molar-refractivity contribution >= 4 is 12.0 Å². The zero-order valence-electron chi connectivity index (χ0n) is 11.9. The van der Waals surface area contributed by atoms with Crippen molar-refractivity contribution in [1.29, 1.82) is 0 Å². The molecular weight excluding hydrogens is 244 g/mol. The highest BCUT2D eigenvalue weighted by atomic mass is 16.4. The van der Waals surface area contributed by atoms with Gasteiger partial charge in [0.2, 0.25) is 0 Å². The number of carboxylic acids is 1. The first-order valence-electron chi connectivity index (χ1n) is 6.70. The van der Waals surface area contributed by atoms with E-state index in [1.807, 2.05) is 32.9 Å². The molecule has 0 saturated heterocycles. The van der Waals surface area contributed by atoms with Crippen LogP contribution in [-0.2, 0) is 4.79 Å². The van der Waals surface area contributed by atoms with E-state index >= 15 is 0 Å². The van der Waals surface area contributed by atoms with Gasteiger partial charge in [0.05, 0.1) is 5.92 Å². The third-order valence-electron chi connectivity index (χ3n) is 3.06. The van der Waals surface area contributed by atoms with Crippen molar-refractivity contribution in [3.63, 3.8) is 0 Å². The lowest BCUT2D eigenvalue weighted by Gasteiger charge is -2.23. The van der Waals surface area contributed by atoms with E-state index in [9.17, 15) is 9.59 Å². The van der Waals surface area contributed by atoms with Crippen LogP contribution in [0.4, 0.5) is 4.79 Å². The number of rotatable bonds is 5. The summed E-state index contributed by atoms with van der Waals surface area (Å²) in [5.41, 5.74) is -0.0728. The molecule has 0 aromatic carbocycles. The maximum atomic E-state index is 11.6. The minimum atomic E-state index is -0.863. The smallest absolute Gasteiger partial charge is 0.315 e. The third kappa shape index (κ3) is 6.27. The van der Waals surface area contributed by atoms with Gasteiger partial charge in [0.15, 0.2) is 0 Å². The molecule has 0 spiro atoms. The molecule has 1 atom stereocenters. The summed E-state index contributed by atoms with van der Waals surface area (Å²) in [5, 5.41) is 14.6. The van der Waals surface area contributed by atoms with Crippen LogP contribution in [0.25, 0.3) is 0 Å². The lowest BCUT2D eigenvalue weighted by atomic mass is 9.84. The Bertz CT molecular complexity index is 350. The van der Waals surface area contributed by atoms with Crippen LogP contribution in [0.15, 0.2) is 12.2 Å². The zero-order chi connectivity index (χ0) is 14.5. The van der Waals surface area contributed by atoms with Crippen LogP contribution in [-0.4, -0.2) is 29.7 Å². The molecule has 0 heterocycles. The topological polar surface area (TPSA) is 78.4 Å². The fourth-order valence-electron chi connectivity index (χ4n) is 2.17. The van der Waals surface area contributed by atoms with E-state index in [1.165, 1.54) is 0 Å². The number of urea groups is 1. The quantitative estimate of drug-likeness (QED) is 0.668. The first kappa shape index (κ1) is 15.5. The van der Waals surface area contributed by atoms with Crippen molar-refractivity contribution < 1.29 is 14.7 Å². The monoisotopic (exact) mass is 268 g/mol. The lowest BCUT2D eigenvalue weighted by Crippen LogP contribution is -2.44. The minimum absolute atomic E-state index is 0.0728. The standard InChI is InChI=1S/C14H24N2O3/c1-14(2,3)8-10(12(17)18)9-15-13(19)16-11-6-4-5-7-11/h4-5,10-11H,6-9H2,1-3H3,(H,17,18)(H2,15,16,19). The van der Waals surface area contributed by atoms with Gasteiger partial charge in [-0.3, -0.25) is 4.79 Å². The third-order valence-corrected chi connectivity index (χ3v) is 3.06. The van der Waals surface area contributed by atoms with Crippen LogP contribution in [0.1, 0.15) is 40.0 Å². The number of amides is 2. The maximum absolute atomic E-state index is 11.6. The summed E-state index contributed by atoms with van der Waals surface area (Å²) in [7, 11) is 0. The summed E-state index contributed by atoms with van der Waals surface area (Å²) < 4.78 is 0. The molecule has 0 bridgehead atoms. The Morgan fingerprint density at radius 3 is 2.37 bits per heavy atom. The highest BCUT2D eigenvalue weighted by Gasteiger charge is 2.25. The molecule has 19 heavy (non-hydrogen) atoms. The summed E-state index contributed by atoms with van der Waals surface area (Å²) in [6.45, 7) is 6.15. The average molecular weight is 268 g/mol. The fraction of sp³-hybridized carbons (Fsp3) is 0.714. The van der Waals surface area contributed by atoms with Crippen LogP contribution in [0.5, 0.6) is 0 Å². The van der Waals surface area contributed by atoms with Crippen LogP contribution in [0.3, 0.4) is 0 Å². The van der Waals surface area contributed by atoms with Gasteiger partial charge in [-0.25, -0.2) is 4.79 Å². The predicted octanol–water partition coefficient (Wildman–Crippen LogP) is 2.14. The van der Waals surface area contributed by atoms with Gasteiger partial charge >= 0.3 is 12.0 Å². The van der Waals surface area contributed by atoms with Crippen molar-refractivity contribution in [2.24, 2.45) is 11.3 Å². The lowest BCUT2D eigenvalue weighted by molar-refractivity contribution is -0.142. The van der Waals surface area contributed by atoms with Gasteiger partial charge in [0.25, 0.3) is 0 Å². The van der Waals surface area contributed by atoms with E-state index in [1.54, 1.807) is 0 Å². The van der Waals surface area contributed by atoms with E-state index < -0.39 is 11.9 Å². The number of carbonyl (C=O) groups excluding carboxylic acids is 1. The van der Waals surface area contributed by atoms with E-state index in [-0.39, 0.29) is 24.0 Å². The molecule has 1 rings (SSSR count). The molecule has 0 aromatic rings. The fourth-order valence-corrected chi connectivity index (χ4v) is 2.17. The Kier molecular flexibility index (Phi) is 5.39. The van der Waals surface area contributed by atoms with Gasteiger partial charge in [0, 0.05) is 12.6 Å². The Morgan fingerprint density at radius 1 is 1.32 bits per heavy atom. The number of carbonyl (C=O) groups is 2. The molecule has 0 aliphatic heterocycles. The SMILES string of the molecule is CC(C)(C)CC(CNC(=O)NC1CC=CC1)C(=O)O. The first-order chi connectivity index (χ1) is 8.78. The molecule has 2 amide bonds. The Hall–Kier alpha value is -1.52. The van der Waals surface area contributed by atoms with Gasteiger partial charge in [0.1, 0.15) is 0 Å². The van der Waals surface area contributed by atoms with Gasteiger partial charge in [-0.05, 0) is 24.7 Å². The molecule has 1 unspecified atom stereocenters. The van der Waals surface area contributed by atoms with Crippen molar-refractivity contribution in [2.75, 3.05) is 6.54 Å². The van der Waals surface area contributed by atoms with Crippen molar-refractivity contribution in [3.8, 4) is 0 Å². The largest absolute Gasteiger partial charge is 0.481 e. The number of nitrogens with one attached hydrogen (secondary N) is 2. The van der Waals surface area contributed by atoms with Crippen molar-refractivity contribution in [2.45, 2.75) is 46.1 Å². The molecule has 3 N–H and O–H groups in total. The summed E-state index contributed by atoms with van der Waals surface area (Å²) in [6.07, 6.45) is 6.29. The van der Waals surface area contributed by atoms with Crippen molar-refractivity contribution in [3.05, 3.63) is 12.2 Å². The summed E-state index contributed by atoms with van der Waals surface area (Å²) in [5.74, 6) is -1.41. The number of hydrogen-bond donors (Lipinski definition) is 3. The molecule has 1 aliphatic rings. The van der Waals surface area contributed by atoms with Crippen molar-refractivity contribution in [1.82, 2.24) is 10.6 Å². The summed E-state index contributed by atoms with van der Waals surface area (Å²) in [4.78, 5) is 22.8. The van der Waals surface area contributed by atoms with Crippen LogP contribution < -0.4 is 10.6 Å². The normalized spacial score (nSPS) is 17.2. The van der Waals surface area contributed by atoms with Gasteiger partial charge in [-0.1, -0.05) is 32.9 Å². The molecule has 0 radical (unpaired) electrons. The predicted molar refractivity (Wildman–Crippen MR) is 73.9 cm³/mol. The molecule has 5 nitrogen and oxygen atoms in total. The van der Waals surface area contributed by atoms with Gasteiger partial charge in [-0.2, -0.15) is 0 Å². The highest BCUT2D eigenvalue weighted by molar-refractivity contribution is 5.76. The maximum Gasteiger partial charge on any atom is 0.315 e. The summed E-state index contributed by atoms with van der Waals surface area (Å²) >= 11 is 0. The minimum Gasteiger partial charge on any atom is -0.481 e. The molecule has 108 valence electrons. The van der Waals surface area contributed by atoms with E-state index in [2.05, 4.69) is 10.6 Å². The van der Waals surface area contributed by atoms with Gasteiger partial charge < -0.3 is 15.7 Å².